The Labute approximate surface area is 213 Å². The Morgan fingerprint density at radius 2 is 1.38 bits per heavy atom. The van der Waals surface area contributed by atoms with E-state index in [9.17, 15) is 4.79 Å². The summed E-state index contributed by atoms with van der Waals surface area (Å²) in [5.41, 5.74) is 10.7. The van der Waals surface area contributed by atoms with E-state index in [1.807, 2.05) is 30.3 Å². The minimum Gasteiger partial charge on any atom is -0.493 e. The second-order valence-electron chi connectivity index (χ2n) is 7.41. The fraction of sp³-hybridized carbons (Fsp3) is 0.120. The third kappa shape index (κ3) is 6.32. The van der Waals surface area contributed by atoms with Crippen molar-refractivity contribution in [3.8, 4) is 17.2 Å². The van der Waals surface area contributed by atoms with Crippen LogP contribution in [0.3, 0.4) is 0 Å². The molecule has 12 nitrogen and oxygen atoms in total. The number of benzene rings is 3. The number of nitrogens with zero attached hydrogens (tertiary/aromatic N) is 3. The highest BCUT2D eigenvalue weighted by molar-refractivity contribution is 5.93. The molecule has 0 unspecified atom stereocenters. The first-order valence-corrected chi connectivity index (χ1v) is 11.1. The summed E-state index contributed by atoms with van der Waals surface area (Å²) in [7, 11) is 4.62. The summed E-state index contributed by atoms with van der Waals surface area (Å²) in [5, 5.41) is 6.26. The number of hydrogen-bond donors (Lipinski definition) is 5. The maximum Gasteiger partial charge on any atom is 0.266 e. The number of aromatic nitrogens is 3. The molecule has 12 heteroatoms. The molecule has 0 aliphatic heterocycles. The van der Waals surface area contributed by atoms with E-state index in [4.69, 9.17) is 14.2 Å². The van der Waals surface area contributed by atoms with Crippen molar-refractivity contribution in [3.05, 3.63) is 78.6 Å². The summed E-state index contributed by atoms with van der Waals surface area (Å²) in [5.74, 6) is 1.77. The fourth-order valence-corrected chi connectivity index (χ4v) is 3.34. The Morgan fingerprint density at radius 3 is 2.03 bits per heavy atom. The predicted molar refractivity (Wildman–Crippen MR) is 140 cm³/mol. The molecule has 190 valence electrons. The van der Waals surface area contributed by atoms with Crippen LogP contribution < -0.4 is 41.2 Å². The molecule has 4 rings (SSSR count). The van der Waals surface area contributed by atoms with Gasteiger partial charge in [-0.1, -0.05) is 30.3 Å². The van der Waals surface area contributed by atoms with Gasteiger partial charge in [-0.3, -0.25) is 10.2 Å². The molecule has 1 aromatic heterocycles. The van der Waals surface area contributed by atoms with Crippen molar-refractivity contribution in [2.45, 2.75) is 0 Å². The minimum atomic E-state index is -0.279. The summed E-state index contributed by atoms with van der Waals surface area (Å²) in [6.07, 6.45) is 1.38. The lowest BCUT2D eigenvalue weighted by molar-refractivity contribution is 0.0937. The van der Waals surface area contributed by atoms with E-state index in [0.29, 0.717) is 51.8 Å². The van der Waals surface area contributed by atoms with E-state index in [-0.39, 0.29) is 5.91 Å². The number of hydrazine groups is 2. The maximum absolute atomic E-state index is 12.2. The molecule has 0 bridgehead atoms. The van der Waals surface area contributed by atoms with Crippen LogP contribution in [0.1, 0.15) is 10.4 Å². The highest BCUT2D eigenvalue weighted by Crippen LogP contribution is 2.40. The van der Waals surface area contributed by atoms with Crippen LogP contribution in [0, 0.1) is 0 Å². The number of methoxy groups -OCH3 is 3. The van der Waals surface area contributed by atoms with Gasteiger partial charge in [-0.05, 0) is 24.3 Å². The number of para-hydroxylation sites is 2. The standard InChI is InChI=1S/C25H26N8O4/c1-35-20-13-17(14-21(36-2)22(20)37-3)28-24-26-15-27-25(30-24)29-18-11-7-8-12-19(18)31-33-32-23(34)16-9-5-4-6-10-16/h4-15,31,33H,1-3H3,(H,32,34)(H2,26,27,28,29,30). The van der Waals surface area contributed by atoms with Gasteiger partial charge in [0.1, 0.15) is 6.33 Å². The maximum atomic E-state index is 12.2. The van der Waals surface area contributed by atoms with Crippen molar-refractivity contribution in [2.75, 3.05) is 37.4 Å². The first kappa shape index (κ1) is 25.0. The van der Waals surface area contributed by atoms with E-state index in [2.05, 4.69) is 42.0 Å². The zero-order chi connectivity index (χ0) is 26.0. The molecule has 37 heavy (non-hydrogen) atoms. The van der Waals surface area contributed by atoms with Crippen LogP contribution in [-0.2, 0) is 0 Å². The Balaban J connectivity index is 1.44. The largest absolute Gasteiger partial charge is 0.493 e. The van der Waals surface area contributed by atoms with Crippen LogP contribution in [0.4, 0.5) is 29.0 Å². The lowest BCUT2D eigenvalue weighted by atomic mass is 10.2. The Kier molecular flexibility index (Phi) is 8.14. The number of amides is 1. The summed E-state index contributed by atoms with van der Waals surface area (Å²) < 4.78 is 16.2. The molecule has 0 spiro atoms. The Bertz CT molecular complexity index is 1330. The van der Waals surface area contributed by atoms with Crippen molar-refractivity contribution in [1.29, 1.82) is 0 Å². The fourth-order valence-electron chi connectivity index (χ4n) is 3.34. The normalized spacial score (nSPS) is 10.2. The first-order valence-electron chi connectivity index (χ1n) is 11.1. The predicted octanol–water partition coefficient (Wildman–Crippen LogP) is 3.65. The van der Waals surface area contributed by atoms with Gasteiger partial charge in [0.2, 0.25) is 17.6 Å². The third-order valence-electron chi connectivity index (χ3n) is 5.08. The number of nitrogens with one attached hydrogen (secondary N) is 5. The van der Waals surface area contributed by atoms with Gasteiger partial charge in [-0.15, -0.1) is 5.53 Å². The molecule has 0 saturated carbocycles. The SMILES string of the molecule is COc1cc(Nc2ncnc(Nc3ccccc3NNNC(=O)c3ccccc3)n2)cc(OC)c1OC. The first-order chi connectivity index (χ1) is 18.1. The molecule has 0 fully saturated rings. The average Bonchev–Trinajstić information content (AvgIpc) is 2.94. The number of anilines is 5. The lowest BCUT2D eigenvalue weighted by Gasteiger charge is -2.15. The van der Waals surface area contributed by atoms with Crippen molar-refractivity contribution >= 4 is 34.9 Å². The number of carbonyl (C=O) groups excluding carboxylic acids is 1. The van der Waals surface area contributed by atoms with Gasteiger partial charge in [0, 0.05) is 23.4 Å². The summed E-state index contributed by atoms with van der Waals surface area (Å²) >= 11 is 0. The van der Waals surface area contributed by atoms with E-state index >= 15 is 0 Å². The second-order valence-corrected chi connectivity index (χ2v) is 7.41. The molecule has 0 aliphatic carbocycles. The van der Waals surface area contributed by atoms with Crippen LogP contribution in [0.25, 0.3) is 0 Å². The monoisotopic (exact) mass is 502 g/mol. The molecule has 0 aliphatic rings. The van der Waals surface area contributed by atoms with Gasteiger partial charge in [-0.2, -0.15) is 4.98 Å². The number of hydrogen-bond acceptors (Lipinski definition) is 11. The van der Waals surface area contributed by atoms with Crippen LogP contribution in [0.2, 0.25) is 0 Å². The van der Waals surface area contributed by atoms with E-state index in [1.54, 1.807) is 50.6 Å². The molecule has 3 aromatic carbocycles. The van der Waals surface area contributed by atoms with Crippen molar-refractivity contribution < 1.29 is 19.0 Å². The highest BCUT2D eigenvalue weighted by Gasteiger charge is 2.14. The minimum absolute atomic E-state index is 0.279. The van der Waals surface area contributed by atoms with Crippen molar-refractivity contribution in [1.82, 2.24) is 25.9 Å². The van der Waals surface area contributed by atoms with Crippen molar-refractivity contribution in [3.63, 3.8) is 0 Å². The lowest BCUT2D eigenvalue weighted by Crippen LogP contribution is -2.41. The van der Waals surface area contributed by atoms with Gasteiger partial charge < -0.3 is 30.3 Å². The van der Waals surface area contributed by atoms with Crippen LogP contribution in [0.15, 0.2) is 73.1 Å². The Morgan fingerprint density at radius 1 is 0.757 bits per heavy atom. The van der Waals surface area contributed by atoms with E-state index in [1.165, 1.54) is 13.4 Å². The molecule has 5 N–H and O–H groups in total. The smallest absolute Gasteiger partial charge is 0.266 e. The van der Waals surface area contributed by atoms with Gasteiger partial charge in [0.15, 0.2) is 11.5 Å². The summed E-state index contributed by atoms with van der Waals surface area (Å²) in [4.78, 5) is 25.0. The second kappa shape index (κ2) is 12.0. The molecular weight excluding hydrogens is 476 g/mol. The van der Waals surface area contributed by atoms with Gasteiger partial charge in [0.05, 0.1) is 32.7 Å². The molecule has 1 heterocycles. The van der Waals surface area contributed by atoms with Crippen LogP contribution >= 0.6 is 0 Å². The molecule has 0 atom stereocenters. The quantitative estimate of drug-likeness (QED) is 0.192. The van der Waals surface area contributed by atoms with Gasteiger partial charge >= 0.3 is 0 Å². The molecular formula is C25H26N8O4. The van der Waals surface area contributed by atoms with E-state index in [0.717, 1.165) is 0 Å². The number of ether oxygens (including phenoxy) is 3. The van der Waals surface area contributed by atoms with Gasteiger partial charge in [-0.25, -0.2) is 9.97 Å². The van der Waals surface area contributed by atoms with E-state index < -0.39 is 0 Å². The number of rotatable bonds is 11. The molecule has 0 radical (unpaired) electrons. The average molecular weight is 503 g/mol. The highest BCUT2D eigenvalue weighted by atomic mass is 16.5. The summed E-state index contributed by atoms with van der Waals surface area (Å²) in [6, 6.07) is 19.7. The van der Waals surface area contributed by atoms with Crippen LogP contribution in [0.5, 0.6) is 17.2 Å². The molecule has 4 aromatic rings. The van der Waals surface area contributed by atoms with Crippen LogP contribution in [-0.4, -0.2) is 42.2 Å². The Hall–Kier alpha value is -5.10. The summed E-state index contributed by atoms with van der Waals surface area (Å²) in [6.45, 7) is 0. The van der Waals surface area contributed by atoms with Crippen molar-refractivity contribution in [2.24, 2.45) is 0 Å². The molecule has 1 amide bonds. The topological polar surface area (TPSA) is 144 Å². The zero-order valence-electron chi connectivity index (χ0n) is 20.4. The van der Waals surface area contributed by atoms with Gasteiger partial charge in [0.25, 0.3) is 5.91 Å². The molecule has 0 saturated heterocycles. The zero-order valence-corrected chi connectivity index (χ0v) is 20.4. The third-order valence-corrected chi connectivity index (χ3v) is 5.08. The number of carbonyl (C=O) groups is 1.